The molecule has 13 heavy (non-hydrogen) atoms. The number of ether oxygens (including phenoxy) is 1. The van der Waals surface area contributed by atoms with Crippen LogP contribution in [0.15, 0.2) is 24.3 Å². The van der Waals surface area contributed by atoms with Gasteiger partial charge in [0.2, 0.25) is 5.82 Å². The lowest BCUT2D eigenvalue weighted by atomic mass is 10.2. The van der Waals surface area contributed by atoms with Crippen LogP contribution in [0.1, 0.15) is 0 Å². The standard InChI is InChI=1S/C8H8N4O/c1-13-7-5-3-2-4-6(7)8-9-11-12-10-8/h2-5H,1H3,(H,9,10,11,12). The van der Waals surface area contributed by atoms with Crippen LogP contribution >= 0.6 is 0 Å². The molecule has 0 saturated heterocycles. The monoisotopic (exact) mass is 176 g/mol. The van der Waals surface area contributed by atoms with Gasteiger partial charge in [0.05, 0.1) is 12.7 Å². The van der Waals surface area contributed by atoms with Crippen molar-refractivity contribution in [2.24, 2.45) is 0 Å². The normalized spacial score (nSPS) is 9.92. The largest absolute Gasteiger partial charge is 0.496 e. The first kappa shape index (κ1) is 7.72. The van der Waals surface area contributed by atoms with Crippen molar-refractivity contribution in [3.05, 3.63) is 24.3 Å². The molecule has 0 amide bonds. The van der Waals surface area contributed by atoms with Gasteiger partial charge < -0.3 is 4.74 Å². The minimum absolute atomic E-state index is 0.539. The molecule has 1 heterocycles. The molecule has 1 aromatic carbocycles. The minimum Gasteiger partial charge on any atom is -0.496 e. The number of nitrogens with one attached hydrogen (secondary N) is 1. The van der Waals surface area contributed by atoms with Gasteiger partial charge in [-0.1, -0.05) is 12.1 Å². The molecule has 1 aromatic heterocycles. The highest BCUT2D eigenvalue weighted by Gasteiger charge is 2.07. The van der Waals surface area contributed by atoms with Crippen LogP contribution in [0.4, 0.5) is 0 Å². The maximum absolute atomic E-state index is 5.15. The third-order valence-corrected chi connectivity index (χ3v) is 1.69. The quantitative estimate of drug-likeness (QED) is 0.737. The van der Waals surface area contributed by atoms with Crippen molar-refractivity contribution in [1.29, 1.82) is 0 Å². The van der Waals surface area contributed by atoms with E-state index in [9.17, 15) is 0 Å². The zero-order chi connectivity index (χ0) is 9.10. The number of H-pyrrole nitrogens is 1. The number of benzene rings is 1. The Hall–Kier alpha value is -1.91. The summed E-state index contributed by atoms with van der Waals surface area (Å²) in [5.41, 5.74) is 0.832. The van der Waals surface area contributed by atoms with Crippen molar-refractivity contribution in [3.63, 3.8) is 0 Å². The first-order chi connectivity index (χ1) is 6.42. The van der Waals surface area contributed by atoms with Crippen LogP contribution in [0.3, 0.4) is 0 Å². The fourth-order valence-electron chi connectivity index (χ4n) is 1.11. The Bertz CT molecular complexity index is 385. The van der Waals surface area contributed by atoms with Gasteiger partial charge in [-0.25, -0.2) is 0 Å². The molecule has 0 fully saturated rings. The predicted molar refractivity (Wildman–Crippen MR) is 46.2 cm³/mol. The first-order valence-electron chi connectivity index (χ1n) is 3.78. The summed E-state index contributed by atoms with van der Waals surface area (Å²) in [5, 5.41) is 13.6. The molecule has 0 unspecified atom stereocenters. The van der Waals surface area contributed by atoms with E-state index in [1.165, 1.54) is 0 Å². The van der Waals surface area contributed by atoms with E-state index in [4.69, 9.17) is 4.74 Å². The number of tetrazole rings is 1. The Morgan fingerprint density at radius 3 is 2.85 bits per heavy atom. The Morgan fingerprint density at radius 2 is 2.15 bits per heavy atom. The van der Waals surface area contributed by atoms with Crippen molar-refractivity contribution in [2.75, 3.05) is 7.11 Å². The van der Waals surface area contributed by atoms with Gasteiger partial charge in [0.25, 0.3) is 0 Å². The number of aromatic amines is 1. The fraction of sp³-hybridized carbons (Fsp3) is 0.125. The molecule has 1 N–H and O–H groups in total. The van der Waals surface area contributed by atoms with Crippen LogP contribution in [0.25, 0.3) is 11.4 Å². The molecule has 0 atom stereocenters. The second kappa shape index (κ2) is 3.22. The first-order valence-corrected chi connectivity index (χ1v) is 3.78. The molecule has 5 nitrogen and oxygen atoms in total. The Morgan fingerprint density at radius 1 is 1.31 bits per heavy atom. The van der Waals surface area contributed by atoms with Gasteiger partial charge in [0.1, 0.15) is 5.75 Å². The summed E-state index contributed by atoms with van der Waals surface area (Å²) < 4.78 is 5.15. The average Bonchev–Trinajstić information content (AvgIpc) is 2.70. The van der Waals surface area contributed by atoms with Crippen LogP contribution in [0.2, 0.25) is 0 Å². The fourth-order valence-corrected chi connectivity index (χ4v) is 1.11. The summed E-state index contributed by atoms with van der Waals surface area (Å²) in [4.78, 5) is 0. The highest BCUT2D eigenvalue weighted by Crippen LogP contribution is 2.25. The molecule has 0 bridgehead atoms. The summed E-state index contributed by atoms with van der Waals surface area (Å²) in [6.07, 6.45) is 0. The molecule has 2 aromatic rings. The molecule has 5 heteroatoms. The summed E-state index contributed by atoms with van der Waals surface area (Å²) in [6, 6.07) is 7.52. The van der Waals surface area contributed by atoms with Crippen molar-refractivity contribution in [3.8, 4) is 17.1 Å². The summed E-state index contributed by atoms with van der Waals surface area (Å²) in [6.45, 7) is 0. The highest BCUT2D eigenvalue weighted by molar-refractivity contribution is 5.62. The maximum Gasteiger partial charge on any atom is 0.208 e. The number of methoxy groups -OCH3 is 1. The van der Waals surface area contributed by atoms with E-state index in [2.05, 4.69) is 20.6 Å². The van der Waals surface area contributed by atoms with E-state index in [1.807, 2.05) is 24.3 Å². The van der Waals surface area contributed by atoms with Gasteiger partial charge in [0.15, 0.2) is 0 Å². The van der Waals surface area contributed by atoms with Crippen molar-refractivity contribution < 1.29 is 4.74 Å². The molecule has 0 aliphatic carbocycles. The van der Waals surface area contributed by atoms with E-state index in [-0.39, 0.29) is 0 Å². The Labute approximate surface area is 74.7 Å². The molecule has 0 saturated carbocycles. The Balaban J connectivity index is 2.51. The average molecular weight is 176 g/mol. The third-order valence-electron chi connectivity index (χ3n) is 1.69. The number of para-hydroxylation sites is 1. The second-order valence-electron chi connectivity index (χ2n) is 2.44. The van der Waals surface area contributed by atoms with Gasteiger partial charge >= 0.3 is 0 Å². The topological polar surface area (TPSA) is 63.7 Å². The molecule has 0 spiro atoms. The lowest BCUT2D eigenvalue weighted by molar-refractivity contribution is 0.416. The molecule has 0 aliphatic heterocycles. The maximum atomic E-state index is 5.15. The summed E-state index contributed by atoms with van der Waals surface area (Å²) in [5.74, 6) is 1.28. The summed E-state index contributed by atoms with van der Waals surface area (Å²) in [7, 11) is 1.61. The van der Waals surface area contributed by atoms with Gasteiger partial charge in [-0.3, -0.25) is 0 Å². The predicted octanol–water partition coefficient (Wildman–Crippen LogP) is 0.875. The number of rotatable bonds is 2. The van der Waals surface area contributed by atoms with Crippen LogP contribution < -0.4 is 4.74 Å². The zero-order valence-corrected chi connectivity index (χ0v) is 7.06. The number of hydrogen-bond acceptors (Lipinski definition) is 4. The lowest BCUT2D eigenvalue weighted by Gasteiger charge is -2.02. The third kappa shape index (κ3) is 1.35. The molecule has 0 radical (unpaired) electrons. The van der Waals surface area contributed by atoms with E-state index in [0.717, 1.165) is 11.3 Å². The van der Waals surface area contributed by atoms with E-state index >= 15 is 0 Å². The van der Waals surface area contributed by atoms with Crippen LogP contribution in [-0.2, 0) is 0 Å². The van der Waals surface area contributed by atoms with Crippen molar-refractivity contribution in [2.45, 2.75) is 0 Å². The Kier molecular flexibility index (Phi) is 1.91. The van der Waals surface area contributed by atoms with Gasteiger partial charge in [-0.15, -0.1) is 10.2 Å². The smallest absolute Gasteiger partial charge is 0.208 e. The second-order valence-corrected chi connectivity index (χ2v) is 2.44. The SMILES string of the molecule is COc1ccccc1-c1nn[nH]n1. The number of hydrogen-bond donors (Lipinski definition) is 1. The van der Waals surface area contributed by atoms with Crippen LogP contribution in [0, 0.1) is 0 Å². The molecule has 66 valence electrons. The van der Waals surface area contributed by atoms with E-state index < -0.39 is 0 Å². The van der Waals surface area contributed by atoms with Gasteiger partial charge in [-0.2, -0.15) is 5.21 Å². The highest BCUT2D eigenvalue weighted by atomic mass is 16.5. The lowest BCUT2D eigenvalue weighted by Crippen LogP contribution is -1.88. The molecular weight excluding hydrogens is 168 g/mol. The molecule has 0 aliphatic rings. The molecular formula is C8H8N4O. The summed E-state index contributed by atoms with van der Waals surface area (Å²) >= 11 is 0. The zero-order valence-electron chi connectivity index (χ0n) is 7.06. The van der Waals surface area contributed by atoms with Crippen LogP contribution in [-0.4, -0.2) is 27.7 Å². The van der Waals surface area contributed by atoms with E-state index in [0.29, 0.717) is 5.82 Å². The number of nitrogens with zero attached hydrogens (tertiary/aromatic N) is 3. The van der Waals surface area contributed by atoms with Gasteiger partial charge in [-0.05, 0) is 17.3 Å². The van der Waals surface area contributed by atoms with Crippen LogP contribution in [0.5, 0.6) is 5.75 Å². The van der Waals surface area contributed by atoms with Gasteiger partial charge in [0, 0.05) is 0 Å². The van der Waals surface area contributed by atoms with E-state index in [1.54, 1.807) is 7.11 Å². The van der Waals surface area contributed by atoms with Crippen molar-refractivity contribution in [1.82, 2.24) is 20.6 Å². The van der Waals surface area contributed by atoms with Crippen molar-refractivity contribution >= 4 is 0 Å². The minimum atomic E-state index is 0.539. The number of aromatic nitrogens is 4. The molecule has 2 rings (SSSR count).